The third-order valence-corrected chi connectivity index (χ3v) is 3.00. The summed E-state index contributed by atoms with van der Waals surface area (Å²) in [5.74, 6) is -0.286. The van der Waals surface area contributed by atoms with E-state index in [1.54, 1.807) is 42.1 Å². The lowest BCUT2D eigenvalue weighted by Crippen LogP contribution is -2.12. The molecule has 0 radical (unpaired) electrons. The number of carbonyl (C=O) groups is 2. The first-order valence-electron chi connectivity index (χ1n) is 5.78. The molecule has 0 spiro atoms. The lowest BCUT2D eigenvalue weighted by Gasteiger charge is -2.06. The third-order valence-electron chi connectivity index (χ3n) is 2.41. The van der Waals surface area contributed by atoms with Crippen LogP contribution in [0, 0.1) is 0 Å². The maximum atomic E-state index is 11.7. The van der Waals surface area contributed by atoms with E-state index >= 15 is 0 Å². The standard InChI is InChI=1S/C13H13N3O2S/c1-2-12(17)15-9-3-5-10(6-4-9)16-13(18)11-7-19-8-14-11/h3-8H,2H2,1H3,(H,15,17)(H,16,18). The minimum atomic E-state index is -0.244. The number of nitrogens with zero attached hydrogens (tertiary/aromatic N) is 1. The molecule has 1 heterocycles. The van der Waals surface area contributed by atoms with Crippen molar-refractivity contribution < 1.29 is 9.59 Å². The van der Waals surface area contributed by atoms with Gasteiger partial charge in [-0.1, -0.05) is 6.92 Å². The molecule has 0 aliphatic heterocycles. The average molecular weight is 275 g/mol. The molecule has 5 nitrogen and oxygen atoms in total. The zero-order valence-corrected chi connectivity index (χ0v) is 11.2. The van der Waals surface area contributed by atoms with Crippen LogP contribution in [-0.4, -0.2) is 16.8 Å². The van der Waals surface area contributed by atoms with Gasteiger partial charge in [-0.25, -0.2) is 4.98 Å². The molecule has 0 aliphatic carbocycles. The summed E-state index contributed by atoms with van der Waals surface area (Å²) in [6.07, 6.45) is 0.433. The Labute approximate surface area is 114 Å². The number of anilines is 2. The Bertz CT molecular complexity index is 564. The summed E-state index contributed by atoms with van der Waals surface area (Å²) < 4.78 is 0. The fourth-order valence-electron chi connectivity index (χ4n) is 1.41. The Morgan fingerprint density at radius 1 is 1.16 bits per heavy atom. The quantitative estimate of drug-likeness (QED) is 0.901. The minimum absolute atomic E-state index is 0.0424. The zero-order valence-electron chi connectivity index (χ0n) is 10.3. The van der Waals surface area contributed by atoms with Crippen LogP contribution in [0.3, 0.4) is 0 Å². The number of thiazole rings is 1. The normalized spacial score (nSPS) is 9.95. The summed E-state index contributed by atoms with van der Waals surface area (Å²) >= 11 is 1.37. The highest BCUT2D eigenvalue weighted by molar-refractivity contribution is 7.07. The molecule has 19 heavy (non-hydrogen) atoms. The Morgan fingerprint density at radius 2 is 1.79 bits per heavy atom. The molecule has 0 aliphatic rings. The molecule has 6 heteroatoms. The first-order valence-corrected chi connectivity index (χ1v) is 6.72. The highest BCUT2D eigenvalue weighted by atomic mass is 32.1. The second kappa shape index (κ2) is 6.10. The van der Waals surface area contributed by atoms with Crippen LogP contribution >= 0.6 is 11.3 Å². The number of nitrogens with one attached hydrogen (secondary N) is 2. The van der Waals surface area contributed by atoms with E-state index < -0.39 is 0 Å². The summed E-state index contributed by atoms with van der Waals surface area (Å²) in [5, 5.41) is 7.15. The van der Waals surface area contributed by atoms with E-state index in [-0.39, 0.29) is 11.8 Å². The molecule has 0 atom stereocenters. The second-order valence-corrected chi connectivity index (χ2v) is 4.53. The van der Waals surface area contributed by atoms with E-state index in [9.17, 15) is 9.59 Å². The number of amides is 2. The Hall–Kier alpha value is -2.21. The maximum absolute atomic E-state index is 11.7. The van der Waals surface area contributed by atoms with E-state index in [2.05, 4.69) is 15.6 Å². The van der Waals surface area contributed by atoms with E-state index in [4.69, 9.17) is 0 Å². The SMILES string of the molecule is CCC(=O)Nc1ccc(NC(=O)c2cscn2)cc1. The van der Waals surface area contributed by atoms with Gasteiger partial charge >= 0.3 is 0 Å². The van der Waals surface area contributed by atoms with Crippen LogP contribution in [0.5, 0.6) is 0 Å². The number of carbonyl (C=O) groups excluding carboxylic acids is 2. The molecule has 2 N–H and O–H groups in total. The van der Waals surface area contributed by atoms with Gasteiger partial charge in [0.15, 0.2) is 0 Å². The highest BCUT2D eigenvalue weighted by Gasteiger charge is 2.07. The van der Waals surface area contributed by atoms with Crippen molar-refractivity contribution in [2.45, 2.75) is 13.3 Å². The Balaban J connectivity index is 1.99. The first-order chi connectivity index (χ1) is 9.19. The van der Waals surface area contributed by atoms with Crippen molar-refractivity contribution in [3.8, 4) is 0 Å². The van der Waals surface area contributed by atoms with Gasteiger partial charge in [-0.15, -0.1) is 11.3 Å². The molecule has 0 unspecified atom stereocenters. The van der Waals surface area contributed by atoms with Crippen molar-refractivity contribution in [1.82, 2.24) is 4.98 Å². The highest BCUT2D eigenvalue weighted by Crippen LogP contribution is 2.15. The predicted octanol–water partition coefficient (Wildman–Crippen LogP) is 2.74. The smallest absolute Gasteiger partial charge is 0.275 e. The lowest BCUT2D eigenvalue weighted by molar-refractivity contribution is -0.115. The number of rotatable bonds is 4. The monoisotopic (exact) mass is 275 g/mol. The number of hydrogen-bond donors (Lipinski definition) is 2. The van der Waals surface area contributed by atoms with E-state index in [0.29, 0.717) is 23.5 Å². The van der Waals surface area contributed by atoms with Gasteiger partial charge in [0.05, 0.1) is 5.51 Å². The van der Waals surface area contributed by atoms with Crippen LogP contribution < -0.4 is 10.6 Å². The van der Waals surface area contributed by atoms with Gasteiger partial charge in [0.1, 0.15) is 5.69 Å². The summed E-state index contributed by atoms with van der Waals surface area (Å²) in [6, 6.07) is 6.94. The number of benzene rings is 1. The van der Waals surface area contributed by atoms with E-state index in [0.717, 1.165) is 0 Å². The molecule has 2 aromatic rings. The summed E-state index contributed by atoms with van der Waals surface area (Å²) in [4.78, 5) is 26.9. The summed E-state index contributed by atoms with van der Waals surface area (Å²) in [7, 11) is 0. The number of aromatic nitrogens is 1. The zero-order chi connectivity index (χ0) is 13.7. The molecule has 0 fully saturated rings. The molecular weight excluding hydrogens is 262 g/mol. The van der Waals surface area contributed by atoms with E-state index in [1.807, 2.05) is 0 Å². The Morgan fingerprint density at radius 3 is 2.32 bits per heavy atom. The van der Waals surface area contributed by atoms with Gasteiger partial charge in [-0.3, -0.25) is 9.59 Å². The van der Waals surface area contributed by atoms with Crippen LogP contribution in [-0.2, 0) is 4.79 Å². The fraction of sp³-hybridized carbons (Fsp3) is 0.154. The van der Waals surface area contributed by atoms with Crippen molar-refractivity contribution in [2.24, 2.45) is 0 Å². The van der Waals surface area contributed by atoms with Gasteiger partial charge in [0.25, 0.3) is 5.91 Å². The first kappa shape index (κ1) is 13.2. The lowest BCUT2D eigenvalue weighted by atomic mass is 10.2. The van der Waals surface area contributed by atoms with Crippen LogP contribution in [0.4, 0.5) is 11.4 Å². The Kier molecular flexibility index (Phi) is 4.25. The minimum Gasteiger partial charge on any atom is -0.326 e. The van der Waals surface area contributed by atoms with Crippen molar-refractivity contribution in [1.29, 1.82) is 0 Å². The van der Waals surface area contributed by atoms with Crippen molar-refractivity contribution in [2.75, 3.05) is 10.6 Å². The van der Waals surface area contributed by atoms with Crippen LogP contribution in [0.25, 0.3) is 0 Å². The van der Waals surface area contributed by atoms with Gasteiger partial charge < -0.3 is 10.6 Å². The van der Waals surface area contributed by atoms with Gasteiger partial charge in [-0.05, 0) is 24.3 Å². The predicted molar refractivity (Wildman–Crippen MR) is 75.4 cm³/mol. The summed E-state index contributed by atoms with van der Waals surface area (Å²) in [5.41, 5.74) is 3.37. The molecule has 1 aromatic carbocycles. The van der Waals surface area contributed by atoms with Gasteiger partial charge in [0, 0.05) is 23.2 Å². The summed E-state index contributed by atoms with van der Waals surface area (Å²) in [6.45, 7) is 1.79. The van der Waals surface area contributed by atoms with Crippen LogP contribution in [0.2, 0.25) is 0 Å². The second-order valence-electron chi connectivity index (χ2n) is 3.81. The molecule has 2 amide bonds. The van der Waals surface area contributed by atoms with Crippen molar-refractivity contribution in [3.05, 3.63) is 40.8 Å². The molecule has 98 valence electrons. The molecular formula is C13H13N3O2S. The molecule has 0 saturated heterocycles. The number of hydrogen-bond acceptors (Lipinski definition) is 4. The molecule has 0 saturated carbocycles. The van der Waals surface area contributed by atoms with Crippen LogP contribution in [0.15, 0.2) is 35.2 Å². The molecule has 0 bridgehead atoms. The molecule has 1 aromatic heterocycles. The third kappa shape index (κ3) is 3.62. The van der Waals surface area contributed by atoms with E-state index in [1.165, 1.54) is 11.3 Å². The van der Waals surface area contributed by atoms with Crippen molar-refractivity contribution in [3.63, 3.8) is 0 Å². The fourth-order valence-corrected chi connectivity index (χ4v) is 1.94. The van der Waals surface area contributed by atoms with Crippen LogP contribution in [0.1, 0.15) is 23.8 Å². The van der Waals surface area contributed by atoms with Crippen molar-refractivity contribution >= 4 is 34.5 Å². The van der Waals surface area contributed by atoms with Gasteiger partial charge in [-0.2, -0.15) is 0 Å². The maximum Gasteiger partial charge on any atom is 0.275 e. The topological polar surface area (TPSA) is 71.1 Å². The average Bonchev–Trinajstić information content (AvgIpc) is 2.95. The largest absolute Gasteiger partial charge is 0.326 e. The van der Waals surface area contributed by atoms with Gasteiger partial charge in [0.2, 0.25) is 5.91 Å². The molecule has 2 rings (SSSR count).